The molecule has 3 heterocycles. The lowest BCUT2D eigenvalue weighted by Crippen LogP contribution is -2.75. The number of ether oxygens (including phenoxy) is 3. The zero-order valence-electron chi connectivity index (χ0n) is 22.2. The van der Waals surface area contributed by atoms with E-state index in [0.717, 1.165) is 49.8 Å². The monoisotopic (exact) mass is 522 g/mol. The van der Waals surface area contributed by atoms with E-state index in [1.54, 1.807) is 31.7 Å². The number of esters is 2. The zero-order valence-corrected chi connectivity index (χ0v) is 22.2. The minimum atomic E-state index is -0.582. The summed E-state index contributed by atoms with van der Waals surface area (Å²) >= 11 is 0. The van der Waals surface area contributed by atoms with E-state index in [1.807, 2.05) is 6.07 Å². The first-order valence-corrected chi connectivity index (χ1v) is 13.0. The molecule has 4 aliphatic rings. The maximum atomic E-state index is 12.2. The molecule has 6 rings (SSSR count). The van der Waals surface area contributed by atoms with E-state index in [4.69, 9.17) is 18.6 Å². The van der Waals surface area contributed by atoms with Crippen LogP contribution in [0.15, 0.2) is 41.2 Å². The molecule has 2 aromatic rings. The molecule has 1 spiro atoms. The molecule has 1 amide bonds. The first-order chi connectivity index (χ1) is 18.2. The van der Waals surface area contributed by atoms with Gasteiger partial charge in [0.15, 0.2) is 11.5 Å². The first-order valence-electron chi connectivity index (χ1n) is 13.0. The predicted octanol–water partition coefficient (Wildman–Crippen LogP) is 3.40. The van der Waals surface area contributed by atoms with Gasteiger partial charge in [-0.25, -0.2) is 0 Å². The number of nitrogens with zero attached hydrogens (tertiary/aromatic N) is 1. The molecule has 9 heteroatoms. The lowest BCUT2D eigenvalue weighted by Gasteiger charge is -2.63. The standard InChI is InChI=1S/C21H25NO5.C8H9NO2/c1-12(23)25-15-7-6-14-11-16-21(27-13(2)24)8-4-5-17-20(21,9-10-22(16)3)18(14)19(15)26-17;1-9-8(10)3-2-7-4-5-11-6-7/h6-7,16-17H,4-5,8-11H2,1-3H3;2-6H,1H3,(H,9,10)/b;3-2+/t16-,17+,20-,21-;/m1./s1. The van der Waals surface area contributed by atoms with Crippen molar-refractivity contribution in [2.75, 3.05) is 20.6 Å². The molecule has 1 aromatic carbocycles. The average Bonchev–Trinajstić information content (AvgIpc) is 3.51. The fourth-order valence-corrected chi connectivity index (χ4v) is 7.03. The van der Waals surface area contributed by atoms with Gasteiger partial charge < -0.3 is 23.9 Å². The number of likely N-dealkylation sites (tertiary alicyclic amines) is 1. The van der Waals surface area contributed by atoms with Gasteiger partial charge in [0, 0.05) is 38.1 Å². The number of benzene rings is 1. The summed E-state index contributed by atoms with van der Waals surface area (Å²) in [5.41, 5.74) is 2.30. The van der Waals surface area contributed by atoms with Crippen LogP contribution < -0.4 is 14.8 Å². The van der Waals surface area contributed by atoms with Crippen molar-refractivity contribution >= 4 is 23.9 Å². The van der Waals surface area contributed by atoms with E-state index < -0.39 is 5.60 Å². The van der Waals surface area contributed by atoms with E-state index in [-0.39, 0.29) is 35.4 Å². The van der Waals surface area contributed by atoms with Crippen molar-refractivity contribution in [2.24, 2.45) is 0 Å². The van der Waals surface area contributed by atoms with E-state index in [9.17, 15) is 14.4 Å². The highest BCUT2D eigenvalue weighted by molar-refractivity contribution is 5.91. The maximum Gasteiger partial charge on any atom is 0.308 e. The number of carbonyl (C=O) groups excluding carboxylic acids is 3. The van der Waals surface area contributed by atoms with Crippen LogP contribution in [0.25, 0.3) is 6.08 Å². The van der Waals surface area contributed by atoms with Gasteiger partial charge in [-0.1, -0.05) is 6.07 Å². The summed E-state index contributed by atoms with van der Waals surface area (Å²) in [5, 5.41) is 2.47. The molecule has 1 N–H and O–H groups in total. The van der Waals surface area contributed by atoms with Crippen LogP contribution in [0, 0.1) is 0 Å². The minimum absolute atomic E-state index is 0.0486. The summed E-state index contributed by atoms with van der Waals surface area (Å²) in [7, 11) is 3.71. The molecule has 1 saturated carbocycles. The van der Waals surface area contributed by atoms with E-state index in [0.29, 0.717) is 11.5 Å². The fraction of sp³-hybridized carbons (Fsp3) is 0.483. The van der Waals surface area contributed by atoms with Crippen LogP contribution in [0.2, 0.25) is 0 Å². The van der Waals surface area contributed by atoms with Gasteiger partial charge in [-0.05, 0) is 69.5 Å². The van der Waals surface area contributed by atoms with Crippen molar-refractivity contribution in [3.05, 3.63) is 53.5 Å². The Morgan fingerprint density at radius 1 is 1.16 bits per heavy atom. The summed E-state index contributed by atoms with van der Waals surface area (Å²) in [6.45, 7) is 3.84. The van der Waals surface area contributed by atoms with Crippen LogP contribution in [0.3, 0.4) is 0 Å². The molecule has 2 aliphatic carbocycles. The second-order valence-corrected chi connectivity index (χ2v) is 10.4. The van der Waals surface area contributed by atoms with E-state index in [1.165, 1.54) is 25.5 Å². The molecule has 1 aromatic heterocycles. The molecule has 202 valence electrons. The number of furan rings is 1. The molecule has 2 bridgehead atoms. The van der Waals surface area contributed by atoms with Crippen LogP contribution in [0.1, 0.15) is 56.2 Å². The Labute approximate surface area is 222 Å². The van der Waals surface area contributed by atoms with Gasteiger partial charge in [-0.15, -0.1) is 0 Å². The van der Waals surface area contributed by atoms with Crippen molar-refractivity contribution in [2.45, 2.75) is 69.1 Å². The number of piperidine rings is 1. The Kier molecular flexibility index (Phi) is 6.81. The normalized spacial score (nSPS) is 28.4. The maximum absolute atomic E-state index is 12.2. The summed E-state index contributed by atoms with van der Waals surface area (Å²) in [5.74, 6) is 0.466. The van der Waals surface area contributed by atoms with E-state index in [2.05, 4.69) is 23.3 Å². The predicted molar refractivity (Wildman–Crippen MR) is 139 cm³/mol. The van der Waals surface area contributed by atoms with Crippen molar-refractivity contribution in [3.63, 3.8) is 0 Å². The highest BCUT2D eigenvalue weighted by Gasteiger charge is 2.73. The van der Waals surface area contributed by atoms with Gasteiger partial charge in [0.05, 0.1) is 24.0 Å². The van der Waals surface area contributed by atoms with Crippen LogP contribution >= 0.6 is 0 Å². The number of likely N-dealkylation sites (N-methyl/N-ethyl adjacent to an activating group) is 2. The molecule has 4 atom stereocenters. The molecule has 38 heavy (non-hydrogen) atoms. The third-order valence-electron chi connectivity index (χ3n) is 8.37. The van der Waals surface area contributed by atoms with Gasteiger partial charge in [0.1, 0.15) is 11.7 Å². The highest BCUT2D eigenvalue weighted by Crippen LogP contribution is 2.66. The van der Waals surface area contributed by atoms with Crippen LogP contribution in [-0.4, -0.2) is 61.1 Å². The van der Waals surface area contributed by atoms with Crippen LogP contribution in [0.4, 0.5) is 0 Å². The Morgan fingerprint density at radius 3 is 2.66 bits per heavy atom. The molecular weight excluding hydrogens is 488 g/mol. The Hall–Kier alpha value is -3.59. The lowest BCUT2D eigenvalue weighted by atomic mass is 9.49. The summed E-state index contributed by atoms with van der Waals surface area (Å²) < 4.78 is 23.0. The quantitative estimate of drug-likeness (QED) is 0.370. The summed E-state index contributed by atoms with van der Waals surface area (Å²) in [4.78, 5) is 36.8. The molecule has 9 nitrogen and oxygen atoms in total. The highest BCUT2D eigenvalue weighted by atomic mass is 16.6. The van der Waals surface area contributed by atoms with Gasteiger partial charge in [-0.3, -0.25) is 19.3 Å². The van der Waals surface area contributed by atoms with Crippen molar-refractivity contribution in [3.8, 4) is 11.5 Å². The van der Waals surface area contributed by atoms with Gasteiger partial charge >= 0.3 is 11.9 Å². The molecule has 2 aliphatic heterocycles. The molecule has 2 fully saturated rings. The zero-order chi connectivity index (χ0) is 27.1. The Balaban J connectivity index is 0.000000226. The van der Waals surface area contributed by atoms with E-state index >= 15 is 0 Å². The van der Waals surface area contributed by atoms with Gasteiger partial charge in [0.25, 0.3) is 0 Å². The SMILES string of the molecule is CC(=O)Oc1ccc2c3c1O[C@H]1CCC[C@@]4(OC(C)=O)[C@@H](C2)N(C)CC[C@]314.CNC(=O)/C=C/c1ccoc1. The molecule has 0 unspecified atom stereocenters. The van der Waals surface area contributed by atoms with Crippen LogP contribution in [0.5, 0.6) is 11.5 Å². The van der Waals surface area contributed by atoms with Crippen molar-refractivity contribution < 1.29 is 33.0 Å². The topological polar surface area (TPSA) is 107 Å². The lowest BCUT2D eigenvalue weighted by molar-refractivity contribution is -0.212. The molecular formula is C29H34N2O7. The van der Waals surface area contributed by atoms with Crippen molar-refractivity contribution in [1.29, 1.82) is 0 Å². The molecule has 1 saturated heterocycles. The number of carbonyl (C=O) groups is 3. The second kappa shape index (κ2) is 9.94. The average molecular weight is 523 g/mol. The van der Waals surface area contributed by atoms with Crippen molar-refractivity contribution in [1.82, 2.24) is 10.2 Å². The fourth-order valence-electron chi connectivity index (χ4n) is 7.03. The largest absolute Gasteiger partial charge is 0.485 e. The Bertz CT molecular complexity index is 1270. The third-order valence-corrected chi connectivity index (χ3v) is 8.37. The summed E-state index contributed by atoms with van der Waals surface area (Å²) in [6, 6.07) is 5.82. The summed E-state index contributed by atoms with van der Waals surface area (Å²) in [6.07, 6.45) is 10.6. The Morgan fingerprint density at radius 2 is 1.97 bits per heavy atom. The number of nitrogens with one attached hydrogen (secondary N) is 1. The number of hydrogen-bond acceptors (Lipinski definition) is 8. The second-order valence-electron chi connectivity index (χ2n) is 10.4. The minimum Gasteiger partial charge on any atom is -0.485 e. The number of amides is 1. The first kappa shape index (κ1) is 26.0. The number of rotatable bonds is 4. The third kappa shape index (κ3) is 4.09. The van der Waals surface area contributed by atoms with Gasteiger partial charge in [0.2, 0.25) is 5.91 Å². The smallest absolute Gasteiger partial charge is 0.308 e. The van der Waals surface area contributed by atoms with Crippen LogP contribution in [-0.2, 0) is 31.0 Å². The molecule has 0 radical (unpaired) electrons. The number of hydrogen-bond donors (Lipinski definition) is 1. The van der Waals surface area contributed by atoms with Gasteiger partial charge in [-0.2, -0.15) is 0 Å².